The lowest BCUT2D eigenvalue weighted by Gasteiger charge is -2.21. The molecule has 3 unspecified atom stereocenters. The second-order valence-electron chi connectivity index (χ2n) is 12.8. The molecule has 5 nitrogen and oxygen atoms in total. The van der Waals surface area contributed by atoms with Gasteiger partial charge in [0.05, 0.1) is 18.8 Å². The molecule has 5 heteroatoms. The van der Waals surface area contributed by atoms with Crippen LogP contribution in [-0.2, 0) is 4.79 Å². The van der Waals surface area contributed by atoms with Gasteiger partial charge in [0.1, 0.15) is 6.10 Å². The normalized spacial score (nSPS) is 14.2. The number of nitrogens with one attached hydrogen (secondary N) is 1. The number of carbonyl (C=O) groups excluding carboxylic acids is 1. The van der Waals surface area contributed by atoms with Crippen LogP contribution < -0.4 is 5.32 Å². The molecule has 0 fully saturated rings. The van der Waals surface area contributed by atoms with Crippen molar-refractivity contribution in [1.82, 2.24) is 5.32 Å². The van der Waals surface area contributed by atoms with E-state index in [1.165, 1.54) is 109 Å². The zero-order valence-electron chi connectivity index (χ0n) is 29.0. The number of allylic oxidation sites excluding steroid dienone is 5. The van der Waals surface area contributed by atoms with Crippen LogP contribution in [0.1, 0.15) is 181 Å². The number of aliphatic hydroxyl groups excluding tert-OH is 3. The van der Waals surface area contributed by atoms with E-state index in [4.69, 9.17) is 0 Å². The molecule has 0 aromatic carbocycles. The van der Waals surface area contributed by atoms with Gasteiger partial charge in [0.2, 0.25) is 5.91 Å². The molecule has 0 heterocycles. The van der Waals surface area contributed by atoms with E-state index >= 15 is 0 Å². The van der Waals surface area contributed by atoms with Crippen molar-refractivity contribution < 1.29 is 20.1 Å². The van der Waals surface area contributed by atoms with E-state index in [1.807, 2.05) is 6.08 Å². The second kappa shape index (κ2) is 34.4. The first-order valence-corrected chi connectivity index (χ1v) is 18.8. The first-order chi connectivity index (χ1) is 21.6. The smallest absolute Gasteiger partial charge is 0.249 e. The fourth-order valence-electron chi connectivity index (χ4n) is 5.43. The van der Waals surface area contributed by atoms with Crippen molar-refractivity contribution in [2.75, 3.05) is 6.61 Å². The van der Waals surface area contributed by atoms with Crippen LogP contribution >= 0.6 is 0 Å². The summed E-state index contributed by atoms with van der Waals surface area (Å²) in [4.78, 5) is 12.4. The Morgan fingerprint density at radius 2 is 0.932 bits per heavy atom. The van der Waals surface area contributed by atoms with E-state index in [-0.39, 0.29) is 6.61 Å². The van der Waals surface area contributed by atoms with Crippen LogP contribution in [0.4, 0.5) is 0 Å². The SMILES string of the molecule is CCCCCCCCC/C=C/CC/C=C/C(O)C(CO)NC(=O)C(O)CCCCCC/C=C\CCCCCCCCCCC. The highest BCUT2D eigenvalue weighted by molar-refractivity contribution is 5.80. The third-order valence-electron chi connectivity index (χ3n) is 8.45. The standard InChI is InChI=1S/C39H73NO4/c1-3-5-7-9-11-13-15-17-18-19-20-22-24-26-28-30-32-34-38(43)39(44)40-36(35-41)37(42)33-31-29-27-25-23-21-16-14-12-10-8-6-4-2/h20,22-23,25,31,33,36-38,41-43H,3-19,21,24,26-30,32,34-35H2,1-2H3,(H,40,44)/b22-20-,25-23+,33-31+. The maximum Gasteiger partial charge on any atom is 0.249 e. The Morgan fingerprint density at radius 1 is 0.545 bits per heavy atom. The Balaban J connectivity index is 3.80. The summed E-state index contributed by atoms with van der Waals surface area (Å²) in [5.74, 6) is -0.524. The first-order valence-electron chi connectivity index (χ1n) is 18.8. The molecule has 0 aliphatic rings. The van der Waals surface area contributed by atoms with Crippen molar-refractivity contribution in [3.8, 4) is 0 Å². The highest BCUT2D eigenvalue weighted by Gasteiger charge is 2.22. The van der Waals surface area contributed by atoms with Crippen LogP contribution in [0.5, 0.6) is 0 Å². The van der Waals surface area contributed by atoms with Crippen LogP contribution in [0, 0.1) is 0 Å². The van der Waals surface area contributed by atoms with Gasteiger partial charge in [-0.3, -0.25) is 4.79 Å². The minimum Gasteiger partial charge on any atom is -0.394 e. The second-order valence-corrected chi connectivity index (χ2v) is 12.8. The van der Waals surface area contributed by atoms with E-state index in [0.717, 1.165) is 51.4 Å². The maximum atomic E-state index is 12.4. The number of rotatable bonds is 33. The molecule has 1 amide bonds. The van der Waals surface area contributed by atoms with Crippen LogP contribution in [-0.4, -0.2) is 46.1 Å². The van der Waals surface area contributed by atoms with Gasteiger partial charge in [-0.25, -0.2) is 0 Å². The Labute approximate surface area is 273 Å². The molecular weight excluding hydrogens is 546 g/mol. The summed E-state index contributed by atoms with van der Waals surface area (Å²) in [5, 5.41) is 32.9. The van der Waals surface area contributed by atoms with Crippen molar-refractivity contribution in [2.45, 2.75) is 199 Å². The number of unbranched alkanes of at least 4 members (excludes halogenated alkanes) is 21. The van der Waals surface area contributed by atoms with E-state index < -0.39 is 24.2 Å². The van der Waals surface area contributed by atoms with Crippen LogP contribution in [0.3, 0.4) is 0 Å². The van der Waals surface area contributed by atoms with E-state index in [2.05, 4.69) is 43.5 Å². The van der Waals surface area contributed by atoms with Crippen LogP contribution in [0.15, 0.2) is 36.5 Å². The summed E-state index contributed by atoms with van der Waals surface area (Å²) in [6.45, 7) is 4.14. The molecule has 0 saturated carbocycles. The fraction of sp³-hybridized carbons (Fsp3) is 0.821. The lowest BCUT2D eigenvalue weighted by molar-refractivity contribution is -0.131. The quantitative estimate of drug-likeness (QED) is 0.0435. The van der Waals surface area contributed by atoms with Gasteiger partial charge in [0.25, 0.3) is 0 Å². The van der Waals surface area contributed by atoms with Crippen molar-refractivity contribution in [3.05, 3.63) is 36.5 Å². The Bertz CT molecular complexity index is 690. The summed E-state index contributed by atoms with van der Waals surface area (Å²) in [6.07, 6.45) is 41.6. The maximum absolute atomic E-state index is 12.4. The Kier molecular flexibility index (Phi) is 33.3. The molecule has 0 aliphatic heterocycles. The molecule has 3 atom stereocenters. The molecule has 0 aromatic heterocycles. The summed E-state index contributed by atoms with van der Waals surface area (Å²) in [5.41, 5.74) is 0. The predicted octanol–water partition coefficient (Wildman–Crippen LogP) is 10.0. The number of hydrogen-bond donors (Lipinski definition) is 4. The average molecular weight is 620 g/mol. The van der Waals surface area contributed by atoms with Crippen molar-refractivity contribution in [2.24, 2.45) is 0 Å². The molecular formula is C39H73NO4. The van der Waals surface area contributed by atoms with Gasteiger partial charge < -0.3 is 20.6 Å². The summed E-state index contributed by atoms with van der Waals surface area (Å²) < 4.78 is 0. The lowest BCUT2D eigenvalue weighted by Crippen LogP contribution is -2.48. The topological polar surface area (TPSA) is 89.8 Å². The fourth-order valence-corrected chi connectivity index (χ4v) is 5.43. The highest BCUT2D eigenvalue weighted by Crippen LogP contribution is 2.13. The van der Waals surface area contributed by atoms with Gasteiger partial charge in [0.15, 0.2) is 0 Å². The van der Waals surface area contributed by atoms with E-state index in [0.29, 0.717) is 6.42 Å². The van der Waals surface area contributed by atoms with Crippen molar-refractivity contribution in [1.29, 1.82) is 0 Å². The van der Waals surface area contributed by atoms with Gasteiger partial charge in [0, 0.05) is 0 Å². The zero-order chi connectivity index (χ0) is 32.4. The molecule has 0 saturated heterocycles. The van der Waals surface area contributed by atoms with Gasteiger partial charge in [-0.15, -0.1) is 0 Å². The number of hydrogen-bond acceptors (Lipinski definition) is 4. The third-order valence-corrected chi connectivity index (χ3v) is 8.45. The molecule has 0 radical (unpaired) electrons. The zero-order valence-corrected chi connectivity index (χ0v) is 29.0. The van der Waals surface area contributed by atoms with Gasteiger partial charge in [-0.2, -0.15) is 0 Å². The molecule has 0 bridgehead atoms. The molecule has 0 rings (SSSR count). The molecule has 44 heavy (non-hydrogen) atoms. The van der Waals surface area contributed by atoms with Crippen molar-refractivity contribution in [3.63, 3.8) is 0 Å². The molecule has 0 spiro atoms. The minimum atomic E-state index is -1.11. The number of carbonyl (C=O) groups is 1. The monoisotopic (exact) mass is 620 g/mol. The summed E-state index contributed by atoms with van der Waals surface area (Å²) in [7, 11) is 0. The van der Waals surface area contributed by atoms with Gasteiger partial charge in [-0.05, 0) is 57.8 Å². The molecule has 258 valence electrons. The number of aliphatic hydroxyl groups is 3. The minimum absolute atomic E-state index is 0.380. The van der Waals surface area contributed by atoms with Crippen LogP contribution in [0.2, 0.25) is 0 Å². The van der Waals surface area contributed by atoms with E-state index in [9.17, 15) is 20.1 Å². The number of amides is 1. The Hall–Kier alpha value is -1.43. The lowest BCUT2D eigenvalue weighted by atomic mass is 10.1. The van der Waals surface area contributed by atoms with Crippen LogP contribution in [0.25, 0.3) is 0 Å². The average Bonchev–Trinajstić information content (AvgIpc) is 3.03. The Morgan fingerprint density at radius 3 is 1.39 bits per heavy atom. The highest BCUT2D eigenvalue weighted by atomic mass is 16.3. The van der Waals surface area contributed by atoms with E-state index in [1.54, 1.807) is 6.08 Å². The molecule has 4 N–H and O–H groups in total. The van der Waals surface area contributed by atoms with Gasteiger partial charge >= 0.3 is 0 Å². The molecule has 0 aliphatic carbocycles. The largest absolute Gasteiger partial charge is 0.394 e. The van der Waals surface area contributed by atoms with Crippen molar-refractivity contribution >= 4 is 5.91 Å². The third kappa shape index (κ3) is 29.3. The summed E-state index contributed by atoms with van der Waals surface area (Å²) >= 11 is 0. The molecule has 0 aromatic rings. The van der Waals surface area contributed by atoms with Gasteiger partial charge in [-0.1, -0.05) is 159 Å². The summed E-state index contributed by atoms with van der Waals surface area (Å²) in [6, 6.07) is -0.816. The predicted molar refractivity (Wildman–Crippen MR) is 190 cm³/mol. The first kappa shape index (κ1) is 42.6.